The molecule has 0 bridgehead atoms. The van der Waals surface area contributed by atoms with Crippen LogP contribution >= 0.6 is 0 Å². The summed E-state index contributed by atoms with van der Waals surface area (Å²) in [5.41, 5.74) is -0.0161. The first-order chi connectivity index (χ1) is 9.79. The molecule has 0 aromatic heterocycles. The molecule has 2 fully saturated rings. The summed E-state index contributed by atoms with van der Waals surface area (Å²) >= 11 is 0. The molecular weight excluding hydrogens is 268 g/mol. The summed E-state index contributed by atoms with van der Waals surface area (Å²) < 4.78 is 0. The third-order valence-electron chi connectivity index (χ3n) is 6.51. The van der Waals surface area contributed by atoms with Crippen LogP contribution in [0, 0.1) is 22.7 Å². The molecule has 5 atom stereocenters. The number of hydrogen-bond acceptors (Lipinski definition) is 3. The Labute approximate surface area is 125 Å². The summed E-state index contributed by atoms with van der Waals surface area (Å²) in [5.74, 6) is -0.520. The van der Waals surface area contributed by atoms with Gasteiger partial charge in [0.1, 0.15) is 0 Å². The maximum Gasteiger partial charge on any atom is 0.309 e. The molecule has 0 amide bonds. The first-order valence-electron chi connectivity index (χ1n) is 7.95. The van der Waals surface area contributed by atoms with Crippen LogP contribution in [0.15, 0.2) is 11.6 Å². The van der Waals surface area contributed by atoms with Gasteiger partial charge in [-0.1, -0.05) is 13.3 Å². The molecule has 2 saturated carbocycles. The second-order valence-corrected chi connectivity index (χ2v) is 7.59. The summed E-state index contributed by atoms with van der Waals surface area (Å²) in [6, 6.07) is 0. The SMILES string of the molecule is C[C@@]1(C(=O)O)CCC[C@]2(C)C3CCC(=O)C=C3[C@H](O)C[C@@H]12. The molecular formula is C17H24O4. The van der Waals surface area contributed by atoms with Crippen molar-refractivity contribution in [1.82, 2.24) is 0 Å². The van der Waals surface area contributed by atoms with Gasteiger partial charge in [0, 0.05) is 6.42 Å². The van der Waals surface area contributed by atoms with E-state index in [9.17, 15) is 19.8 Å². The van der Waals surface area contributed by atoms with Crippen LogP contribution in [0.4, 0.5) is 0 Å². The first-order valence-corrected chi connectivity index (χ1v) is 7.95. The van der Waals surface area contributed by atoms with Crippen LogP contribution in [0.5, 0.6) is 0 Å². The first kappa shape index (κ1) is 14.8. The maximum absolute atomic E-state index is 11.8. The van der Waals surface area contributed by atoms with Crippen molar-refractivity contribution in [1.29, 1.82) is 0 Å². The molecule has 0 aliphatic heterocycles. The van der Waals surface area contributed by atoms with Crippen LogP contribution in [0.1, 0.15) is 52.4 Å². The fourth-order valence-electron chi connectivity index (χ4n) is 5.33. The van der Waals surface area contributed by atoms with E-state index in [0.717, 1.165) is 24.8 Å². The van der Waals surface area contributed by atoms with Crippen LogP contribution in [0.2, 0.25) is 0 Å². The van der Waals surface area contributed by atoms with Crippen molar-refractivity contribution in [2.75, 3.05) is 0 Å². The van der Waals surface area contributed by atoms with Gasteiger partial charge < -0.3 is 10.2 Å². The van der Waals surface area contributed by atoms with Gasteiger partial charge in [-0.05, 0) is 61.5 Å². The Balaban J connectivity index is 2.06. The summed E-state index contributed by atoms with van der Waals surface area (Å²) in [4.78, 5) is 23.5. The molecule has 116 valence electrons. The van der Waals surface area contributed by atoms with Gasteiger partial charge in [-0.2, -0.15) is 0 Å². The second-order valence-electron chi connectivity index (χ2n) is 7.59. The Bertz CT molecular complexity index is 523. The third-order valence-corrected chi connectivity index (χ3v) is 6.51. The number of carbonyl (C=O) groups excluding carboxylic acids is 1. The van der Waals surface area contributed by atoms with Gasteiger partial charge in [-0.25, -0.2) is 0 Å². The van der Waals surface area contributed by atoms with E-state index in [0.29, 0.717) is 19.3 Å². The molecule has 4 heteroatoms. The van der Waals surface area contributed by atoms with Crippen molar-refractivity contribution in [2.24, 2.45) is 22.7 Å². The Morgan fingerprint density at radius 1 is 1.33 bits per heavy atom. The standard InChI is InChI=1S/C17H24O4/c1-16-6-3-7-17(2,15(20)21)14(16)9-13(19)11-8-10(18)4-5-12(11)16/h8,12-14,19H,3-7,9H2,1-2H3,(H,20,21)/t12?,13-,14-,16-,17-/m1/s1. The largest absolute Gasteiger partial charge is 0.481 e. The van der Waals surface area contributed by atoms with E-state index in [1.807, 2.05) is 6.92 Å². The zero-order chi connectivity index (χ0) is 15.4. The Hall–Kier alpha value is -1.16. The number of carboxylic acid groups (broad SMARTS) is 1. The Morgan fingerprint density at radius 2 is 2.05 bits per heavy atom. The molecule has 1 unspecified atom stereocenters. The van der Waals surface area contributed by atoms with Gasteiger partial charge in [0.15, 0.2) is 5.78 Å². The van der Waals surface area contributed by atoms with E-state index in [-0.39, 0.29) is 23.0 Å². The summed E-state index contributed by atoms with van der Waals surface area (Å²) in [6.07, 6.45) is 5.29. The molecule has 0 saturated heterocycles. The number of aliphatic hydroxyl groups is 1. The maximum atomic E-state index is 11.8. The number of carbonyl (C=O) groups is 2. The predicted molar refractivity (Wildman–Crippen MR) is 77.6 cm³/mol. The van der Waals surface area contributed by atoms with Crippen LogP contribution in [-0.2, 0) is 9.59 Å². The van der Waals surface area contributed by atoms with Crippen molar-refractivity contribution >= 4 is 11.8 Å². The fourth-order valence-corrected chi connectivity index (χ4v) is 5.33. The highest BCUT2D eigenvalue weighted by atomic mass is 16.4. The number of carboxylic acids is 1. The molecule has 21 heavy (non-hydrogen) atoms. The smallest absolute Gasteiger partial charge is 0.309 e. The normalized spacial score (nSPS) is 46.3. The van der Waals surface area contributed by atoms with Crippen LogP contribution in [-0.4, -0.2) is 28.1 Å². The Kier molecular flexibility index (Phi) is 3.28. The second kappa shape index (κ2) is 4.67. The van der Waals surface area contributed by atoms with Gasteiger partial charge in [0.05, 0.1) is 11.5 Å². The fraction of sp³-hybridized carbons (Fsp3) is 0.765. The monoisotopic (exact) mass is 292 g/mol. The zero-order valence-electron chi connectivity index (χ0n) is 12.8. The van der Waals surface area contributed by atoms with E-state index in [2.05, 4.69) is 6.92 Å². The molecule has 3 aliphatic carbocycles. The van der Waals surface area contributed by atoms with Crippen LogP contribution < -0.4 is 0 Å². The number of aliphatic hydroxyl groups excluding tert-OH is 1. The lowest BCUT2D eigenvalue weighted by Crippen LogP contribution is -2.56. The van der Waals surface area contributed by atoms with Gasteiger partial charge >= 0.3 is 5.97 Å². The highest BCUT2D eigenvalue weighted by Gasteiger charge is 2.59. The van der Waals surface area contributed by atoms with E-state index >= 15 is 0 Å². The molecule has 0 aromatic rings. The number of hydrogen-bond donors (Lipinski definition) is 2. The summed E-state index contributed by atoms with van der Waals surface area (Å²) in [5, 5.41) is 20.2. The molecule has 3 rings (SSSR count). The number of fused-ring (bicyclic) bond motifs is 3. The van der Waals surface area contributed by atoms with Crippen molar-refractivity contribution in [3.63, 3.8) is 0 Å². The van der Waals surface area contributed by atoms with Crippen LogP contribution in [0.25, 0.3) is 0 Å². The lowest BCUT2D eigenvalue weighted by Gasteiger charge is -2.59. The van der Waals surface area contributed by atoms with Crippen LogP contribution in [0.3, 0.4) is 0 Å². The number of ketones is 1. The highest BCUT2D eigenvalue weighted by Crippen LogP contribution is 2.62. The number of rotatable bonds is 1. The number of allylic oxidation sites excluding steroid dienone is 1. The van der Waals surface area contributed by atoms with E-state index in [4.69, 9.17) is 0 Å². The topological polar surface area (TPSA) is 74.6 Å². The highest BCUT2D eigenvalue weighted by molar-refractivity contribution is 5.91. The lowest BCUT2D eigenvalue weighted by atomic mass is 9.45. The Morgan fingerprint density at radius 3 is 2.71 bits per heavy atom. The summed E-state index contributed by atoms with van der Waals surface area (Å²) in [6.45, 7) is 4.02. The molecule has 0 spiro atoms. The van der Waals surface area contributed by atoms with Gasteiger partial charge in [0.2, 0.25) is 0 Å². The number of aliphatic carboxylic acids is 1. The molecule has 0 heterocycles. The lowest BCUT2D eigenvalue weighted by molar-refractivity contribution is -0.168. The average Bonchev–Trinajstić information content (AvgIpc) is 2.41. The van der Waals surface area contributed by atoms with E-state index < -0.39 is 17.5 Å². The quantitative estimate of drug-likeness (QED) is 0.779. The molecule has 3 aliphatic rings. The molecule has 0 radical (unpaired) electrons. The van der Waals surface area contributed by atoms with Crippen molar-refractivity contribution < 1.29 is 19.8 Å². The van der Waals surface area contributed by atoms with Gasteiger partial charge in [0.25, 0.3) is 0 Å². The zero-order valence-corrected chi connectivity index (χ0v) is 12.8. The van der Waals surface area contributed by atoms with Gasteiger partial charge in [-0.15, -0.1) is 0 Å². The predicted octanol–water partition coefficient (Wildman–Crippen LogP) is 2.55. The molecule has 4 nitrogen and oxygen atoms in total. The van der Waals surface area contributed by atoms with Crippen molar-refractivity contribution in [2.45, 2.75) is 58.5 Å². The van der Waals surface area contributed by atoms with Crippen molar-refractivity contribution in [3.05, 3.63) is 11.6 Å². The van der Waals surface area contributed by atoms with Gasteiger partial charge in [-0.3, -0.25) is 9.59 Å². The van der Waals surface area contributed by atoms with E-state index in [1.165, 1.54) is 0 Å². The summed E-state index contributed by atoms with van der Waals surface area (Å²) in [7, 11) is 0. The minimum absolute atomic E-state index is 0.0263. The minimum atomic E-state index is -0.763. The van der Waals surface area contributed by atoms with E-state index in [1.54, 1.807) is 6.08 Å². The minimum Gasteiger partial charge on any atom is -0.481 e. The molecule has 2 N–H and O–H groups in total. The average molecular weight is 292 g/mol. The third kappa shape index (κ3) is 1.99. The van der Waals surface area contributed by atoms with Crippen molar-refractivity contribution in [3.8, 4) is 0 Å². The molecule has 0 aromatic carbocycles.